The average molecular weight is 360 g/mol. The molecule has 132 valence electrons. The largest absolute Gasteiger partial charge is 0.469 e. The number of nitrogens with one attached hydrogen (secondary N) is 1. The van der Waals surface area contributed by atoms with Crippen LogP contribution in [0.4, 0.5) is 5.69 Å². The summed E-state index contributed by atoms with van der Waals surface area (Å²) in [5.41, 5.74) is -0.274. The number of carbonyl (C=O) groups excluding carboxylic acids is 2. The van der Waals surface area contributed by atoms with Gasteiger partial charge in [0.05, 0.1) is 24.0 Å². The van der Waals surface area contributed by atoms with E-state index in [1.54, 1.807) is 0 Å². The Balaban J connectivity index is 2.95. The summed E-state index contributed by atoms with van der Waals surface area (Å²) in [5, 5.41) is 10.6. The molecule has 1 aromatic rings. The lowest BCUT2D eigenvalue weighted by Crippen LogP contribution is -2.41. The lowest BCUT2D eigenvalue weighted by atomic mass is 10.2. The van der Waals surface area contributed by atoms with Gasteiger partial charge >= 0.3 is 11.9 Å². The van der Waals surface area contributed by atoms with E-state index in [1.165, 1.54) is 0 Å². The molecule has 1 N–H and O–H groups in total. The number of non-ortho nitro benzene ring substituents is 1. The molecule has 0 amide bonds. The van der Waals surface area contributed by atoms with E-state index >= 15 is 0 Å². The summed E-state index contributed by atoms with van der Waals surface area (Å²) in [4.78, 5) is 32.5. The van der Waals surface area contributed by atoms with E-state index in [0.29, 0.717) is 0 Å². The Hall–Kier alpha value is -2.53. The highest BCUT2D eigenvalue weighted by Gasteiger charge is 2.27. The number of nitrogens with zero attached hydrogens (tertiary/aromatic N) is 1. The minimum atomic E-state index is -4.14. The van der Waals surface area contributed by atoms with Crippen LogP contribution in [-0.4, -0.2) is 45.5 Å². The number of methoxy groups -OCH3 is 2. The van der Waals surface area contributed by atoms with E-state index in [-0.39, 0.29) is 23.4 Å². The number of benzene rings is 1. The molecule has 0 aromatic heterocycles. The van der Waals surface area contributed by atoms with Crippen LogP contribution in [0.15, 0.2) is 29.2 Å². The first-order valence-electron chi connectivity index (χ1n) is 6.62. The highest BCUT2D eigenvalue weighted by Crippen LogP contribution is 2.16. The second-order valence-corrected chi connectivity index (χ2v) is 6.28. The molecule has 0 aliphatic rings. The molecule has 10 nitrogen and oxygen atoms in total. The van der Waals surface area contributed by atoms with E-state index in [9.17, 15) is 28.1 Å². The molecule has 1 aromatic carbocycles. The number of hydrogen-bond acceptors (Lipinski definition) is 8. The van der Waals surface area contributed by atoms with Crippen molar-refractivity contribution < 1.29 is 32.4 Å². The Labute approximate surface area is 137 Å². The minimum Gasteiger partial charge on any atom is -0.469 e. The number of rotatable bonds is 8. The van der Waals surface area contributed by atoms with Crippen LogP contribution in [0.25, 0.3) is 0 Å². The predicted octanol–water partition coefficient (Wildman–Crippen LogP) is 0.368. The van der Waals surface area contributed by atoms with Crippen molar-refractivity contribution in [3.05, 3.63) is 34.4 Å². The Kier molecular flexibility index (Phi) is 6.80. The number of sulfonamides is 1. The summed E-state index contributed by atoms with van der Waals surface area (Å²) >= 11 is 0. The number of nitro benzene ring substituents is 1. The Morgan fingerprint density at radius 2 is 1.79 bits per heavy atom. The quantitative estimate of drug-likeness (QED) is 0.398. The van der Waals surface area contributed by atoms with Crippen molar-refractivity contribution in [2.24, 2.45) is 0 Å². The van der Waals surface area contributed by atoms with Crippen LogP contribution in [-0.2, 0) is 29.1 Å². The molecule has 0 saturated heterocycles. The zero-order chi connectivity index (χ0) is 18.3. The van der Waals surface area contributed by atoms with Gasteiger partial charge in [-0.15, -0.1) is 0 Å². The van der Waals surface area contributed by atoms with Crippen molar-refractivity contribution >= 4 is 27.6 Å². The molecule has 0 saturated carbocycles. The van der Waals surface area contributed by atoms with Crippen molar-refractivity contribution in [3.63, 3.8) is 0 Å². The normalized spacial score (nSPS) is 12.2. The Morgan fingerprint density at radius 1 is 1.21 bits per heavy atom. The highest BCUT2D eigenvalue weighted by atomic mass is 32.2. The molecule has 24 heavy (non-hydrogen) atoms. The first kappa shape index (κ1) is 19.5. The summed E-state index contributed by atoms with van der Waals surface area (Å²) in [5.74, 6) is -1.48. The average Bonchev–Trinajstić information content (AvgIpc) is 2.57. The van der Waals surface area contributed by atoms with Crippen molar-refractivity contribution in [1.29, 1.82) is 0 Å². The van der Waals surface area contributed by atoms with Crippen LogP contribution in [0.1, 0.15) is 12.8 Å². The lowest BCUT2D eigenvalue weighted by Gasteiger charge is -2.16. The van der Waals surface area contributed by atoms with Crippen LogP contribution in [0.2, 0.25) is 0 Å². The third-order valence-corrected chi connectivity index (χ3v) is 4.49. The van der Waals surface area contributed by atoms with Gasteiger partial charge < -0.3 is 9.47 Å². The van der Waals surface area contributed by atoms with Crippen molar-refractivity contribution in [3.8, 4) is 0 Å². The summed E-state index contributed by atoms with van der Waals surface area (Å²) in [6, 6.07) is 2.82. The van der Waals surface area contributed by atoms with Gasteiger partial charge in [0.2, 0.25) is 10.0 Å². The maximum absolute atomic E-state index is 12.3. The van der Waals surface area contributed by atoms with Crippen molar-refractivity contribution in [2.45, 2.75) is 23.8 Å². The van der Waals surface area contributed by atoms with Gasteiger partial charge in [-0.2, -0.15) is 4.72 Å². The molecule has 0 bridgehead atoms. The zero-order valence-corrected chi connectivity index (χ0v) is 13.7. The number of hydrogen-bond donors (Lipinski definition) is 1. The third kappa shape index (κ3) is 5.28. The molecule has 11 heteroatoms. The van der Waals surface area contributed by atoms with Gasteiger partial charge in [-0.25, -0.2) is 8.42 Å². The standard InChI is InChI=1S/C13H16N2O8S/c1-22-12(16)8-7-11(13(17)23-2)14-24(20,21)10-5-3-9(4-6-10)15(18)19/h3-6,11,14H,7-8H2,1-2H3/t11-/m1/s1. The fourth-order valence-corrected chi connectivity index (χ4v) is 2.95. The van der Waals surface area contributed by atoms with Crippen LogP contribution < -0.4 is 4.72 Å². The number of carbonyl (C=O) groups is 2. The molecule has 0 heterocycles. The summed E-state index contributed by atoms with van der Waals surface area (Å²) < 4.78 is 35.6. The molecule has 0 spiro atoms. The number of nitro groups is 1. The molecule has 0 unspecified atom stereocenters. The van der Waals surface area contributed by atoms with E-state index in [2.05, 4.69) is 14.2 Å². The van der Waals surface area contributed by atoms with Gasteiger partial charge in [-0.1, -0.05) is 0 Å². The second kappa shape index (κ2) is 8.36. The van der Waals surface area contributed by atoms with Crippen LogP contribution in [0, 0.1) is 10.1 Å². The van der Waals surface area contributed by atoms with E-state index in [1.807, 2.05) is 0 Å². The molecular weight excluding hydrogens is 344 g/mol. The molecular formula is C13H16N2O8S. The van der Waals surface area contributed by atoms with Gasteiger partial charge in [0.15, 0.2) is 0 Å². The van der Waals surface area contributed by atoms with Gasteiger partial charge in [-0.3, -0.25) is 19.7 Å². The van der Waals surface area contributed by atoms with E-state index in [0.717, 1.165) is 38.5 Å². The SMILES string of the molecule is COC(=O)CC[C@@H](NS(=O)(=O)c1ccc([N+](=O)[O-])cc1)C(=O)OC. The first-order valence-corrected chi connectivity index (χ1v) is 8.11. The van der Waals surface area contributed by atoms with Gasteiger partial charge in [0, 0.05) is 18.6 Å². The van der Waals surface area contributed by atoms with Crippen LogP contribution in [0.3, 0.4) is 0 Å². The van der Waals surface area contributed by atoms with E-state index < -0.39 is 32.9 Å². The molecule has 0 aliphatic carbocycles. The second-order valence-electron chi connectivity index (χ2n) is 4.56. The molecule has 0 fully saturated rings. The summed E-state index contributed by atoms with van der Waals surface area (Å²) in [7, 11) is -1.90. The molecule has 0 radical (unpaired) electrons. The fraction of sp³-hybridized carbons (Fsp3) is 0.385. The van der Waals surface area contributed by atoms with Gasteiger partial charge in [0.25, 0.3) is 5.69 Å². The third-order valence-electron chi connectivity index (χ3n) is 3.01. The first-order chi connectivity index (χ1) is 11.2. The zero-order valence-electron chi connectivity index (χ0n) is 12.9. The monoisotopic (exact) mass is 360 g/mol. The number of esters is 2. The van der Waals surface area contributed by atoms with E-state index in [4.69, 9.17) is 0 Å². The topological polar surface area (TPSA) is 142 Å². The van der Waals surface area contributed by atoms with Crippen molar-refractivity contribution in [2.75, 3.05) is 14.2 Å². The summed E-state index contributed by atoms with van der Waals surface area (Å²) in [6.07, 6.45) is -0.357. The number of ether oxygens (including phenoxy) is 2. The van der Waals surface area contributed by atoms with Crippen LogP contribution in [0.5, 0.6) is 0 Å². The molecule has 1 atom stereocenters. The maximum Gasteiger partial charge on any atom is 0.323 e. The lowest BCUT2D eigenvalue weighted by molar-refractivity contribution is -0.384. The van der Waals surface area contributed by atoms with Gasteiger partial charge in [-0.05, 0) is 18.6 Å². The maximum atomic E-state index is 12.3. The Morgan fingerprint density at radius 3 is 2.25 bits per heavy atom. The smallest absolute Gasteiger partial charge is 0.323 e. The van der Waals surface area contributed by atoms with Crippen molar-refractivity contribution in [1.82, 2.24) is 4.72 Å². The predicted molar refractivity (Wildman–Crippen MR) is 80.5 cm³/mol. The molecule has 1 rings (SSSR count). The summed E-state index contributed by atoms with van der Waals surface area (Å²) in [6.45, 7) is 0. The Bertz CT molecular complexity index is 714. The minimum absolute atomic E-state index is 0.161. The van der Waals surface area contributed by atoms with Crippen LogP contribution >= 0.6 is 0 Å². The van der Waals surface area contributed by atoms with Gasteiger partial charge in [0.1, 0.15) is 6.04 Å². The fourth-order valence-electron chi connectivity index (χ4n) is 1.73. The molecule has 0 aliphatic heterocycles. The highest BCUT2D eigenvalue weighted by molar-refractivity contribution is 7.89.